The van der Waals surface area contributed by atoms with E-state index in [0.717, 1.165) is 5.56 Å². The number of methoxy groups -OCH3 is 1. The number of nitrogens with one attached hydrogen (secondary N) is 2. The summed E-state index contributed by atoms with van der Waals surface area (Å²) in [6, 6.07) is 12.7. The van der Waals surface area contributed by atoms with Gasteiger partial charge in [-0.05, 0) is 60.3 Å². The molecule has 6 N–H and O–H groups in total. The van der Waals surface area contributed by atoms with E-state index in [1.54, 1.807) is 37.5 Å². The van der Waals surface area contributed by atoms with E-state index in [1.807, 2.05) is 0 Å². The van der Waals surface area contributed by atoms with Crippen LogP contribution in [0.3, 0.4) is 0 Å². The Labute approximate surface area is 173 Å². The molecule has 0 saturated carbocycles. The lowest BCUT2D eigenvalue weighted by molar-refractivity contribution is -0.115. The van der Waals surface area contributed by atoms with E-state index < -0.39 is 21.9 Å². The average Bonchev–Trinajstić information content (AvgIpc) is 2.66. The van der Waals surface area contributed by atoms with Crippen LogP contribution in [-0.2, 0) is 14.8 Å². The maximum atomic E-state index is 12.0. The van der Waals surface area contributed by atoms with Gasteiger partial charge in [-0.15, -0.1) is 4.40 Å². The van der Waals surface area contributed by atoms with Crippen molar-refractivity contribution in [3.63, 3.8) is 0 Å². The summed E-state index contributed by atoms with van der Waals surface area (Å²) in [4.78, 5) is 11.9. The second-order valence-corrected chi connectivity index (χ2v) is 7.58. The van der Waals surface area contributed by atoms with Crippen molar-refractivity contribution < 1.29 is 17.9 Å². The Morgan fingerprint density at radius 3 is 2.28 bits per heavy atom. The van der Waals surface area contributed by atoms with Gasteiger partial charge in [0.1, 0.15) is 5.75 Å². The first kappa shape index (κ1) is 21.9. The van der Waals surface area contributed by atoms with Gasteiger partial charge in [0.25, 0.3) is 10.0 Å². The summed E-state index contributed by atoms with van der Waals surface area (Å²) in [7, 11) is -2.40. The van der Waals surface area contributed by atoms with Crippen LogP contribution in [0, 0.1) is 0 Å². The Morgan fingerprint density at radius 1 is 1.10 bits per heavy atom. The maximum absolute atomic E-state index is 12.0. The molecule has 0 aliphatic heterocycles. The van der Waals surface area contributed by atoms with Crippen LogP contribution in [-0.4, -0.2) is 32.5 Å². The molecule has 0 bridgehead atoms. The van der Waals surface area contributed by atoms with Gasteiger partial charge in [-0.1, -0.05) is 12.1 Å². The topological polar surface area (TPSA) is 149 Å². The molecule has 0 fully saturated rings. The first-order chi connectivity index (χ1) is 13.7. The number of ether oxygens (including phenoxy) is 1. The highest BCUT2D eigenvalue weighted by atomic mass is 32.2. The third-order valence-electron chi connectivity index (χ3n) is 3.42. The van der Waals surface area contributed by atoms with E-state index in [0.29, 0.717) is 11.4 Å². The number of sulfonamides is 1. The zero-order valence-corrected chi connectivity index (χ0v) is 17.0. The van der Waals surface area contributed by atoms with Gasteiger partial charge in [-0.2, -0.15) is 8.42 Å². The second-order valence-electron chi connectivity index (χ2n) is 5.57. The third kappa shape index (κ3) is 6.90. The molecule has 2 rings (SSSR count). The predicted molar refractivity (Wildman–Crippen MR) is 116 cm³/mol. The van der Waals surface area contributed by atoms with Gasteiger partial charge in [-0.25, -0.2) is 0 Å². The molecule has 0 unspecified atom stereocenters. The van der Waals surface area contributed by atoms with Crippen molar-refractivity contribution in [1.82, 2.24) is 5.32 Å². The molecule has 2 aromatic carbocycles. The van der Waals surface area contributed by atoms with E-state index >= 15 is 0 Å². The van der Waals surface area contributed by atoms with Crippen LogP contribution in [0.4, 0.5) is 5.69 Å². The molecule has 0 spiro atoms. The molecule has 0 saturated heterocycles. The number of carbonyl (C=O) groups excluding carboxylic acids is 1. The Hall–Kier alpha value is -3.44. The van der Waals surface area contributed by atoms with E-state index in [9.17, 15) is 13.2 Å². The fraction of sp³-hybridized carbons (Fsp3) is 0.0556. The zero-order valence-electron chi connectivity index (χ0n) is 15.3. The highest BCUT2D eigenvalue weighted by Crippen LogP contribution is 2.16. The summed E-state index contributed by atoms with van der Waals surface area (Å²) >= 11 is 5.07. The lowest BCUT2D eigenvalue weighted by atomic mass is 10.2. The smallest absolute Gasteiger partial charge is 0.285 e. The summed E-state index contributed by atoms with van der Waals surface area (Å²) in [5.41, 5.74) is 11.5. The van der Waals surface area contributed by atoms with Crippen LogP contribution in [0.5, 0.6) is 5.75 Å². The van der Waals surface area contributed by atoms with Crippen LogP contribution in [0.25, 0.3) is 6.08 Å². The van der Waals surface area contributed by atoms with E-state index in [2.05, 4.69) is 15.0 Å². The summed E-state index contributed by atoms with van der Waals surface area (Å²) in [5.74, 6) is -0.266. The quantitative estimate of drug-likeness (QED) is 0.230. The lowest BCUT2D eigenvalue weighted by Gasteiger charge is -2.08. The Morgan fingerprint density at radius 2 is 1.72 bits per heavy atom. The predicted octanol–water partition coefficient (Wildman–Crippen LogP) is 1.18. The number of rotatable bonds is 6. The number of carbonyl (C=O) groups is 1. The Kier molecular flexibility index (Phi) is 7.28. The standard InChI is InChI=1S/C18H19N5O4S2/c1-27-14-7-2-12(3-8-14)4-11-16(24)22-18(28)21-13-5-9-15(10-6-13)29(25,26)23-17(19)20/h2-11H,1H3,(H4,19,20,23)(H2,21,22,24,28). The number of nitrogens with zero attached hydrogens (tertiary/aromatic N) is 1. The van der Waals surface area contributed by atoms with E-state index in [-0.39, 0.29) is 10.0 Å². The largest absolute Gasteiger partial charge is 0.497 e. The molecule has 29 heavy (non-hydrogen) atoms. The fourth-order valence-corrected chi connectivity index (χ4v) is 3.19. The molecule has 1 amide bonds. The minimum absolute atomic E-state index is 0.0502. The van der Waals surface area contributed by atoms with Gasteiger partial charge >= 0.3 is 0 Å². The van der Waals surface area contributed by atoms with E-state index in [1.165, 1.54) is 30.3 Å². The summed E-state index contributed by atoms with van der Waals surface area (Å²) in [5, 5.41) is 5.31. The van der Waals surface area contributed by atoms with Gasteiger partial charge in [-0.3, -0.25) is 10.1 Å². The maximum Gasteiger partial charge on any atom is 0.285 e. The van der Waals surface area contributed by atoms with Crippen LogP contribution in [0.2, 0.25) is 0 Å². The fourth-order valence-electron chi connectivity index (χ4n) is 2.10. The number of nitrogens with two attached hydrogens (primary N) is 2. The van der Waals surface area contributed by atoms with Gasteiger partial charge in [0, 0.05) is 11.8 Å². The van der Waals surface area contributed by atoms with Crippen molar-refractivity contribution in [2.45, 2.75) is 4.90 Å². The SMILES string of the molecule is COc1ccc(C=CC(=O)NC(=S)Nc2ccc(S(=O)(=O)N=C(N)N)cc2)cc1. The monoisotopic (exact) mass is 433 g/mol. The molecule has 0 aliphatic rings. The average molecular weight is 434 g/mol. The van der Waals surface area contributed by atoms with Crippen LogP contribution in [0.1, 0.15) is 5.56 Å². The first-order valence-corrected chi connectivity index (χ1v) is 9.94. The number of hydrogen-bond acceptors (Lipinski definition) is 5. The molecule has 0 aromatic heterocycles. The number of guanidine groups is 1. The first-order valence-electron chi connectivity index (χ1n) is 8.10. The summed E-state index contributed by atoms with van der Waals surface area (Å²) in [6.07, 6.45) is 2.96. The summed E-state index contributed by atoms with van der Waals surface area (Å²) < 4.78 is 32.0. The highest BCUT2D eigenvalue weighted by Gasteiger charge is 2.13. The molecule has 2 aromatic rings. The Balaban J connectivity index is 1.93. The molecule has 0 aliphatic carbocycles. The number of hydrogen-bond donors (Lipinski definition) is 4. The Bertz CT molecular complexity index is 1040. The molecule has 11 heteroatoms. The molecular formula is C18H19N5O4S2. The molecular weight excluding hydrogens is 414 g/mol. The molecule has 0 heterocycles. The van der Waals surface area contributed by atoms with Crippen LogP contribution in [0.15, 0.2) is 63.9 Å². The van der Waals surface area contributed by atoms with Crippen molar-refractivity contribution in [2.75, 3.05) is 12.4 Å². The van der Waals surface area contributed by atoms with Crippen molar-refractivity contribution >= 4 is 51.0 Å². The minimum atomic E-state index is -3.97. The number of anilines is 1. The molecule has 9 nitrogen and oxygen atoms in total. The van der Waals surface area contributed by atoms with Crippen molar-refractivity contribution in [3.8, 4) is 5.75 Å². The second kappa shape index (κ2) is 9.66. The molecule has 0 radical (unpaired) electrons. The van der Waals surface area contributed by atoms with Crippen molar-refractivity contribution in [3.05, 3.63) is 60.2 Å². The third-order valence-corrected chi connectivity index (χ3v) is 4.94. The van der Waals surface area contributed by atoms with Gasteiger partial charge < -0.3 is 21.5 Å². The number of amides is 1. The van der Waals surface area contributed by atoms with Crippen molar-refractivity contribution in [2.24, 2.45) is 15.9 Å². The van der Waals surface area contributed by atoms with Gasteiger partial charge in [0.2, 0.25) is 11.9 Å². The zero-order chi connectivity index (χ0) is 21.4. The van der Waals surface area contributed by atoms with Crippen LogP contribution >= 0.6 is 12.2 Å². The molecule has 152 valence electrons. The highest BCUT2D eigenvalue weighted by molar-refractivity contribution is 7.90. The number of thiocarbonyl (C=S) groups is 1. The van der Waals surface area contributed by atoms with E-state index in [4.69, 9.17) is 28.4 Å². The van der Waals surface area contributed by atoms with Gasteiger partial charge in [0.15, 0.2) is 5.11 Å². The summed E-state index contributed by atoms with van der Waals surface area (Å²) in [6.45, 7) is 0. The molecule has 0 atom stereocenters. The van der Waals surface area contributed by atoms with Crippen molar-refractivity contribution in [1.29, 1.82) is 0 Å². The normalized spacial score (nSPS) is 10.9. The number of benzene rings is 2. The van der Waals surface area contributed by atoms with Gasteiger partial charge in [0.05, 0.1) is 12.0 Å². The van der Waals surface area contributed by atoms with Crippen LogP contribution < -0.4 is 26.8 Å². The lowest BCUT2D eigenvalue weighted by Crippen LogP contribution is -2.32. The minimum Gasteiger partial charge on any atom is -0.497 e.